The van der Waals surface area contributed by atoms with Crippen LogP contribution in [0.25, 0.3) is 6.08 Å². The summed E-state index contributed by atoms with van der Waals surface area (Å²) in [4.78, 5) is 23.3. The molecule has 1 heterocycles. The van der Waals surface area contributed by atoms with Crippen molar-refractivity contribution in [3.63, 3.8) is 0 Å². The number of urea groups is 1. The van der Waals surface area contributed by atoms with E-state index in [2.05, 4.69) is 10.6 Å². The fourth-order valence-electron chi connectivity index (χ4n) is 3.12. The molecular formula is C25H22N2O4. The van der Waals surface area contributed by atoms with Crippen LogP contribution in [0.1, 0.15) is 16.7 Å². The van der Waals surface area contributed by atoms with Gasteiger partial charge in [0.2, 0.25) is 0 Å². The van der Waals surface area contributed by atoms with Crippen LogP contribution in [-0.4, -0.2) is 18.5 Å². The van der Waals surface area contributed by atoms with E-state index < -0.39 is 11.9 Å². The van der Waals surface area contributed by atoms with E-state index in [-0.39, 0.29) is 6.54 Å². The number of hydrogen-bond acceptors (Lipinski definition) is 4. The summed E-state index contributed by atoms with van der Waals surface area (Å²) >= 11 is 0. The molecule has 0 spiro atoms. The highest BCUT2D eigenvalue weighted by molar-refractivity contribution is 6.09. The molecule has 0 saturated carbocycles. The van der Waals surface area contributed by atoms with Gasteiger partial charge in [-0.05, 0) is 34.9 Å². The second-order valence-electron chi connectivity index (χ2n) is 7.06. The predicted octanol–water partition coefficient (Wildman–Crippen LogP) is 4.07. The first-order valence-electron chi connectivity index (χ1n) is 9.94. The minimum absolute atomic E-state index is 0.178. The topological polar surface area (TPSA) is 76.7 Å². The van der Waals surface area contributed by atoms with Gasteiger partial charge < -0.3 is 14.8 Å². The summed E-state index contributed by atoms with van der Waals surface area (Å²) < 4.78 is 12.1. The molecule has 4 rings (SSSR count). The van der Waals surface area contributed by atoms with Gasteiger partial charge in [-0.15, -0.1) is 0 Å². The highest BCUT2D eigenvalue weighted by atomic mass is 16.5. The molecule has 3 aromatic rings. The van der Waals surface area contributed by atoms with Gasteiger partial charge in [0.15, 0.2) is 11.5 Å². The lowest BCUT2D eigenvalue weighted by Gasteiger charge is -2.16. The van der Waals surface area contributed by atoms with E-state index in [1.807, 2.05) is 78.9 Å². The highest BCUT2D eigenvalue weighted by Gasteiger charge is 2.19. The van der Waals surface area contributed by atoms with Crippen LogP contribution in [0.15, 0.2) is 84.4 Å². The summed E-state index contributed by atoms with van der Waals surface area (Å²) in [6.07, 6.45) is 1.73. The van der Waals surface area contributed by atoms with E-state index in [1.165, 1.54) is 0 Å². The number of hydrogen-bond donors (Lipinski definition) is 2. The predicted molar refractivity (Wildman–Crippen MR) is 118 cm³/mol. The van der Waals surface area contributed by atoms with Crippen molar-refractivity contribution in [1.29, 1.82) is 0 Å². The van der Waals surface area contributed by atoms with Crippen LogP contribution in [0.5, 0.6) is 11.5 Å². The van der Waals surface area contributed by atoms with E-state index in [0.717, 1.165) is 16.7 Å². The van der Waals surface area contributed by atoms with Crippen LogP contribution < -0.4 is 20.1 Å². The molecule has 3 aromatic carbocycles. The fraction of sp³-hybridized carbons (Fsp3) is 0.120. The number of imide groups is 1. The molecule has 6 heteroatoms. The van der Waals surface area contributed by atoms with Crippen LogP contribution in [0.3, 0.4) is 0 Å². The highest BCUT2D eigenvalue weighted by Crippen LogP contribution is 2.31. The Hall–Kier alpha value is -4.06. The number of rotatable bonds is 7. The first-order chi connectivity index (χ1) is 15.2. The molecule has 31 heavy (non-hydrogen) atoms. The molecule has 0 atom stereocenters. The first-order valence-corrected chi connectivity index (χ1v) is 9.94. The normalized spacial score (nSPS) is 14.6. The van der Waals surface area contributed by atoms with Crippen molar-refractivity contribution < 1.29 is 19.1 Å². The third-order valence-electron chi connectivity index (χ3n) is 4.74. The van der Waals surface area contributed by atoms with Gasteiger partial charge in [0.25, 0.3) is 5.91 Å². The fourth-order valence-corrected chi connectivity index (χ4v) is 3.12. The van der Waals surface area contributed by atoms with Crippen molar-refractivity contribution in [3.05, 3.63) is 101 Å². The number of amides is 3. The maximum Gasteiger partial charge on any atom is 0.321 e. The molecule has 0 bridgehead atoms. The summed E-state index contributed by atoms with van der Waals surface area (Å²) in [5, 5.41) is 4.85. The van der Waals surface area contributed by atoms with Gasteiger partial charge in [-0.2, -0.15) is 0 Å². The Morgan fingerprint density at radius 3 is 2.00 bits per heavy atom. The number of benzene rings is 3. The maximum absolute atomic E-state index is 12.0. The van der Waals surface area contributed by atoms with Crippen LogP contribution >= 0.6 is 0 Å². The van der Waals surface area contributed by atoms with Crippen LogP contribution in [0.2, 0.25) is 0 Å². The lowest BCUT2D eigenvalue weighted by atomic mass is 10.1. The zero-order chi connectivity index (χ0) is 21.5. The van der Waals surface area contributed by atoms with Gasteiger partial charge in [0.05, 0.1) is 0 Å². The molecule has 6 nitrogen and oxygen atoms in total. The second kappa shape index (κ2) is 9.63. The largest absolute Gasteiger partial charge is 0.485 e. The Labute approximate surface area is 180 Å². The molecule has 1 saturated heterocycles. The standard InChI is InChI=1S/C25H22N2O4/c28-24-21(15-26-25(29)27-24)13-20-11-12-22(30-16-18-7-3-1-4-8-18)23(14-20)31-17-19-9-5-2-6-10-19/h1-14H,15-17H2,(H2,26,27,28,29). The molecule has 1 aliphatic heterocycles. The Kier molecular flexibility index (Phi) is 6.28. The van der Waals surface area contributed by atoms with Crippen LogP contribution in [0, 0.1) is 0 Å². The minimum Gasteiger partial charge on any atom is -0.485 e. The third kappa shape index (κ3) is 5.51. The van der Waals surface area contributed by atoms with Crippen molar-refractivity contribution in [3.8, 4) is 11.5 Å². The summed E-state index contributed by atoms with van der Waals surface area (Å²) in [6, 6.07) is 24.8. The first kappa shape index (κ1) is 20.2. The summed E-state index contributed by atoms with van der Waals surface area (Å²) in [7, 11) is 0. The zero-order valence-corrected chi connectivity index (χ0v) is 16.8. The summed E-state index contributed by atoms with van der Waals surface area (Å²) in [6.45, 7) is 0.980. The van der Waals surface area contributed by atoms with E-state index in [4.69, 9.17) is 9.47 Å². The quantitative estimate of drug-likeness (QED) is 0.572. The van der Waals surface area contributed by atoms with Gasteiger partial charge in [-0.3, -0.25) is 10.1 Å². The van der Waals surface area contributed by atoms with Crippen molar-refractivity contribution >= 4 is 18.0 Å². The lowest BCUT2D eigenvalue weighted by molar-refractivity contribution is -0.116. The average Bonchev–Trinajstić information content (AvgIpc) is 2.80. The molecular weight excluding hydrogens is 392 g/mol. The molecule has 3 amide bonds. The van der Waals surface area contributed by atoms with E-state index in [1.54, 1.807) is 6.08 Å². The van der Waals surface area contributed by atoms with Gasteiger partial charge in [-0.25, -0.2) is 4.79 Å². The number of carbonyl (C=O) groups is 2. The molecule has 2 N–H and O–H groups in total. The van der Waals surface area contributed by atoms with Crippen molar-refractivity contribution in [2.45, 2.75) is 13.2 Å². The monoisotopic (exact) mass is 414 g/mol. The third-order valence-corrected chi connectivity index (χ3v) is 4.74. The van der Waals surface area contributed by atoms with Crippen LogP contribution in [0.4, 0.5) is 4.79 Å². The average molecular weight is 414 g/mol. The van der Waals surface area contributed by atoms with E-state index >= 15 is 0 Å². The van der Waals surface area contributed by atoms with Gasteiger partial charge in [0.1, 0.15) is 13.2 Å². The summed E-state index contributed by atoms with van der Waals surface area (Å²) in [5.41, 5.74) is 3.33. The molecule has 1 fully saturated rings. The Morgan fingerprint density at radius 1 is 0.774 bits per heavy atom. The Balaban J connectivity index is 1.56. The number of carbonyl (C=O) groups excluding carboxylic acids is 2. The van der Waals surface area contributed by atoms with Crippen LogP contribution in [-0.2, 0) is 18.0 Å². The molecule has 0 radical (unpaired) electrons. The number of nitrogens with one attached hydrogen (secondary N) is 2. The number of ether oxygens (including phenoxy) is 2. The van der Waals surface area contributed by atoms with Gasteiger partial charge >= 0.3 is 6.03 Å². The zero-order valence-electron chi connectivity index (χ0n) is 16.8. The van der Waals surface area contributed by atoms with Crippen molar-refractivity contribution in [2.75, 3.05) is 6.54 Å². The van der Waals surface area contributed by atoms with Crippen molar-refractivity contribution in [1.82, 2.24) is 10.6 Å². The van der Waals surface area contributed by atoms with E-state index in [9.17, 15) is 9.59 Å². The second-order valence-corrected chi connectivity index (χ2v) is 7.06. The minimum atomic E-state index is -0.487. The van der Waals surface area contributed by atoms with E-state index in [0.29, 0.717) is 30.3 Å². The Bertz CT molecular complexity index is 1100. The molecule has 156 valence electrons. The molecule has 0 aliphatic carbocycles. The van der Waals surface area contributed by atoms with Gasteiger partial charge in [-0.1, -0.05) is 66.7 Å². The molecule has 0 unspecified atom stereocenters. The molecule has 0 aromatic heterocycles. The lowest BCUT2D eigenvalue weighted by Crippen LogP contribution is -2.47. The van der Waals surface area contributed by atoms with Gasteiger partial charge in [0, 0.05) is 12.1 Å². The smallest absolute Gasteiger partial charge is 0.321 e. The van der Waals surface area contributed by atoms with Crippen molar-refractivity contribution in [2.24, 2.45) is 0 Å². The SMILES string of the molecule is O=C1NCC(=Cc2ccc(OCc3ccccc3)c(OCc3ccccc3)c2)C(=O)N1. The summed E-state index contributed by atoms with van der Waals surface area (Å²) in [5.74, 6) is 0.789. The molecule has 1 aliphatic rings. The Morgan fingerprint density at radius 2 is 1.39 bits per heavy atom. The maximum atomic E-state index is 12.0.